The van der Waals surface area contributed by atoms with Crippen LogP contribution in [0.15, 0.2) is 30.3 Å². The lowest BCUT2D eigenvalue weighted by atomic mass is 9.82. The van der Waals surface area contributed by atoms with Gasteiger partial charge < -0.3 is 14.8 Å². The molecule has 6 nitrogen and oxygen atoms in total. The Kier molecular flexibility index (Phi) is 4.51. The maximum absolute atomic E-state index is 13.1. The highest BCUT2D eigenvalue weighted by atomic mass is 16.5. The Labute approximate surface area is 157 Å². The predicted octanol–water partition coefficient (Wildman–Crippen LogP) is 3.01. The van der Waals surface area contributed by atoms with Crippen molar-refractivity contribution < 1.29 is 23.9 Å². The van der Waals surface area contributed by atoms with Crippen LogP contribution in [-0.2, 0) is 0 Å². The van der Waals surface area contributed by atoms with Gasteiger partial charge in [0.05, 0.1) is 25.3 Å². The van der Waals surface area contributed by atoms with Gasteiger partial charge in [-0.3, -0.25) is 14.4 Å². The molecule has 27 heavy (non-hydrogen) atoms. The summed E-state index contributed by atoms with van der Waals surface area (Å²) in [5, 5.41) is 2.85. The van der Waals surface area contributed by atoms with Crippen LogP contribution in [0.25, 0.3) is 0 Å². The molecule has 3 rings (SSSR count). The summed E-state index contributed by atoms with van der Waals surface area (Å²) in [6.07, 6.45) is 0. The lowest BCUT2D eigenvalue weighted by molar-refractivity contribution is 0.0918. The number of methoxy groups -OCH3 is 2. The largest absolute Gasteiger partial charge is 0.496 e. The SMILES string of the molecule is COc1ccc(OC)c2c1C(=O)c1ccc(C(=O)NC(C)(C)C)cc1C2=O. The van der Waals surface area contributed by atoms with E-state index in [1.54, 1.807) is 18.2 Å². The van der Waals surface area contributed by atoms with Crippen molar-refractivity contribution in [1.82, 2.24) is 5.32 Å². The van der Waals surface area contributed by atoms with Crippen molar-refractivity contribution >= 4 is 17.5 Å². The van der Waals surface area contributed by atoms with Gasteiger partial charge in [-0.25, -0.2) is 0 Å². The van der Waals surface area contributed by atoms with Crippen LogP contribution in [0.1, 0.15) is 63.0 Å². The summed E-state index contributed by atoms with van der Waals surface area (Å²) in [7, 11) is 2.87. The van der Waals surface area contributed by atoms with E-state index in [1.165, 1.54) is 26.4 Å². The summed E-state index contributed by atoms with van der Waals surface area (Å²) < 4.78 is 10.6. The maximum atomic E-state index is 13.1. The topological polar surface area (TPSA) is 81.7 Å². The Bertz CT molecular complexity index is 969. The van der Waals surface area contributed by atoms with Crippen LogP contribution in [0, 0.1) is 0 Å². The van der Waals surface area contributed by atoms with E-state index in [4.69, 9.17) is 9.47 Å². The normalized spacial score (nSPS) is 12.9. The van der Waals surface area contributed by atoms with Gasteiger partial charge in [-0.1, -0.05) is 0 Å². The molecule has 1 aliphatic carbocycles. The molecule has 0 radical (unpaired) electrons. The molecule has 0 spiro atoms. The van der Waals surface area contributed by atoms with Crippen LogP contribution in [0.3, 0.4) is 0 Å². The van der Waals surface area contributed by atoms with Crippen LogP contribution in [-0.4, -0.2) is 37.2 Å². The van der Waals surface area contributed by atoms with Gasteiger partial charge in [-0.15, -0.1) is 0 Å². The highest BCUT2D eigenvalue weighted by Crippen LogP contribution is 2.38. The standard InChI is InChI=1S/C21H21NO5/c1-21(2,3)22-20(25)11-6-7-12-13(10-11)19(24)17-15(27-5)9-8-14(26-4)16(17)18(12)23/h6-10H,1-5H3,(H,22,25). The third-order valence-corrected chi connectivity index (χ3v) is 4.28. The third kappa shape index (κ3) is 3.18. The van der Waals surface area contributed by atoms with Crippen LogP contribution in [0.4, 0.5) is 0 Å². The molecule has 1 N–H and O–H groups in total. The lowest BCUT2D eigenvalue weighted by Gasteiger charge is -2.23. The Hall–Kier alpha value is -3.15. The molecule has 1 aliphatic rings. The first-order valence-electron chi connectivity index (χ1n) is 8.49. The highest BCUT2D eigenvalue weighted by Gasteiger charge is 2.35. The number of ether oxygens (including phenoxy) is 2. The first-order chi connectivity index (χ1) is 12.7. The van der Waals surface area contributed by atoms with Gasteiger partial charge >= 0.3 is 0 Å². The Morgan fingerprint density at radius 1 is 0.852 bits per heavy atom. The van der Waals surface area contributed by atoms with Gasteiger partial charge in [0.1, 0.15) is 11.5 Å². The smallest absolute Gasteiger partial charge is 0.251 e. The summed E-state index contributed by atoms with van der Waals surface area (Å²) >= 11 is 0. The van der Waals surface area contributed by atoms with Crippen molar-refractivity contribution in [3.63, 3.8) is 0 Å². The van der Waals surface area contributed by atoms with Crippen molar-refractivity contribution in [3.05, 3.63) is 58.1 Å². The van der Waals surface area contributed by atoms with E-state index in [-0.39, 0.29) is 39.7 Å². The minimum absolute atomic E-state index is 0.155. The molecule has 6 heteroatoms. The molecule has 0 atom stereocenters. The number of benzene rings is 2. The molecule has 0 fully saturated rings. The molecular formula is C21H21NO5. The Morgan fingerprint density at radius 2 is 1.37 bits per heavy atom. The van der Waals surface area contributed by atoms with E-state index in [1.807, 2.05) is 20.8 Å². The fourth-order valence-electron chi connectivity index (χ4n) is 3.11. The van der Waals surface area contributed by atoms with Crippen molar-refractivity contribution in [2.75, 3.05) is 14.2 Å². The first kappa shape index (κ1) is 18.6. The van der Waals surface area contributed by atoms with Crippen LogP contribution in [0.5, 0.6) is 11.5 Å². The molecule has 2 aromatic rings. The minimum atomic E-state index is -0.421. The zero-order chi connectivity index (χ0) is 19.9. The fraction of sp³-hybridized carbons (Fsp3) is 0.286. The Morgan fingerprint density at radius 3 is 1.85 bits per heavy atom. The second-order valence-electron chi connectivity index (χ2n) is 7.34. The highest BCUT2D eigenvalue weighted by molar-refractivity contribution is 6.30. The number of carbonyl (C=O) groups excluding carboxylic acids is 3. The van der Waals surface area contributed by atoms with E-state index < -0.39 is 5.54 Å². The number of fused-ring (bicyclic) bond motifs is 2. The average molecular weight is 367 g/mol. The van der Waals surface area contributed by atoms with Crippen LogP contribution >= 0.6 is 0 Å². The summed E-state index contributed by atoms with van der Waals surface area (Å²) in [5.74, 6) is -0.420. The number of ketones is 2. The van der Waals surface area contributed by atoms with Crippen LogP contribution < -0.4 is 14.8 Å². The van der Waals surface area contributed by atoms with Crippen molar-refractivity contribution in [1.29, 1.82) is 0 Å². The van der Waals surface area contributed by atoms with Crippen LogP contribution in [0.2, 0.25) is 0 Å². The van der Waals surface area contributed by atoms with Gasteiger partial charge in [0.2, 0.25) is 0 Å². The third-order valence-electron chi connectivity index (χ3n) is 4.28. The summed E-state index contributed by atoms with van der Waals surface area (Å²) in [4.78, 5) is 38.6. The van der Waals surface area contributed by atoms with Gasteiger partial charge in [0, 0.05) is 22.2 Å². The molecule has 140 valence electrons. The summed E-state index contributed by atoms with van der Waals surface area (Å²) in [6.45, 7) is 5.60. The molecule has 0 bridgehead atoms. The Balaban J connectivity index is 2.15. The zero-order valence-electron chi connectivity index (χ0n) is 15.9. The molecule has 0 aromatic heterocycles. The van der Waals surface area contributed by atoms with E-state index >= 15 is 0 Å². The molecule has 0 saturated heterocycles. The lowest BCUT2D eigenvalue weighted by Crippen LogP contribution is -2.40. The van der Waals surface area contributed by atoms with E-state index in [0.717, 1.165) is 0 Å². The number of hydrogen-bond donors (Lipinski definition) is 1. The second kappa shape index (κ2) is 6.54. The first-order valence-corrected chi connectivity index (χ1v) is 8.49. The van der Waals surface area contributed by atoms with E-state index in [2.05, 4.69) is 5.32 Å². The molecule has 2 aromatic carbocycles. The number of nitrogens with one attached hydrogen (secondary N) is 1. The average Bonchev–Trinajstić information content (AvgIpc) is 2.63. The quantitative estimate of drug-likeness (QED) is 0.770. The number of amides is 1. The zero-order valence-corrected chi connectivity index (χ0v) is 15.9. The minimum Gasteiger partial charge on any atom is -0.496 e. The summed E-state index contributed by atoms with van der Waals surface area (Å²) in [6, 6.07) is 7.69. The van der Waals surface area contributed by atoms with Crippen molar-refractivity contribution in [2.45, 2.75) is 26.3 Å². The maximum Gasteiger partial charge on any atom is 0.251 e. The number of carbonyl (C=O) groups is 3. The van der Waals surface area contributed by atoms with E-state index in [9.17, 15) is 14.4 Å². The van der Waals surface area contributed by atoms with E-state index in [0.29, 0.717) is 17.1 Å². The molecule has 0 heterocycles. The molecular weight excluding hydrogens is 346 g/mol. The number of hydrogen-bond acceptors (Lipinski definition) is 5. The van der Waals surface area contributed by atoms with Crippen molar-refractivity contribution in [3.8, 4) is 11.5 Å². The molecule has 0 saturated carbocycles. The van der Waals surface area contributed by atoms with Gasteiger partial charge in [-0.05, 0) is 51.1 Å². The van der Waals surface area contributed by atoms with Gasteiger partial charge in [0.25, 0.3) is 5.91 Å². The molecule has 1 amide bonds. The van der Waals surface area contributed by atoms with Gasteiger partial charge in [-0.2, -0.15) is 0 Å². The fourth-order valence-corrected chi connectivity index (χ4v) is 3.11. The molecule has 0 aliphatic heterocycles. The predicted molar refractivity (Wildman–Crippen MR) is 100 cm³/mol. The second-order valence-corrected chi connectivity index (χ2v) is 7.34. The monoisotopic (exact) mass is 367 g/mol. The van der Waals surface area contributed by atoms with Gasteiger partial charge in [0.15, 0.2) is 11.6 Å². The summed E-state index contributed by atoms with van der Waals surface area (Å²) in [5.41, 5.74) is 0.654. The molecule has 0 unspecified atom stereocenters. The van der Waals surface area contributed by atoms with Crippen molar-refractivity contribution in [2.24, 2.45) is 0 Å². The number of rotatable bonds is 3.